The summed E-state index contributed by atoms with van der Waals surface area (Å²) < 4.78 is 11.5. The molecule has 2 aromatic carbocycles. The number of nitrogens with zero attached hydrogens (tertiary/aromatic N) is 2. The van der Waals surface area contributed by atoms with Crippen molar-refractivity contribution in [3.63, 3.8) is 0 Å². The zero-order chi connectivity index (χ0) is 21.0. The van der Waals surface area contributed by atoms with Crippen LogP contribution in [0, 0.1) is 10.1 Å². The molecule has 1 amide bonds. The van der Waals surface area contributed by atoms with Gasteiger partial charge in [0, 0.05) is 33.8 Å². The Morgan fingerprint density at radius 2 is 2.10 bits per heavy atom. The van der Waals surface area contributed by atoms with Gasteiger partial charge in [-0.15, -0.1) is 11.3 Å². The van der Waals surface area contributed by atoms with E-state index in [9.17, 15) is 14.9 Å². The molecule has 0 aliphatic heterocycles. The van der Waals surface area contributed by atoms with Crippen LogP contribution in [0.4, 0.5) is 5.69 Å². The van der Waals surface area contributed by atoms with Crippen LogP contribution in [0.25, 0.3) is 10.1 Å². The van der Waals surface area contributed by atoms with E-state index in [0.717, 1.165) is 4.70 Å². The van der Waals surface area contributed by atoms with Crippen LogP contribution in [0.5, 0.6) is 11.5 Å². The standard InChI is InChI=1S/C19H16ClN3O5S/c1-3-28-16-7-12(14(20)9-15(16)27-2)10-21-22-19(24)18-8-11-6-13(23(25)26)4-5-17(11)29-18/h4-10H,3H2,1-2H3,(H,22,24)/b21-10-. The first-order valence-electron chi connectivity index (χ1n) is 8.44. The Kier molecular flexibility index (Phi) is 6.30. The number of hydrazone groups is 1. The molecule has 0 aliphatic rings. The fourth-order valence-corrected chi connectivity index (χ4v) is 3.68. The number of ether oxygens (including phenoxy) is 2. The van der Waals surface area contributed by atoms with E-state index >= 15 is 0 Å². The lowest BCUT2D eigenvalue weighted by molar-refractivity contribution is -0.384. The van der Waals surface area contributed by atoms with Crippen LogP contribution in [0.1, 0.15) is 22.2 Å². The highest BCUT2D eigenvalue weighted by Crippen LogP contribution is 2.33. The highest BCUT2D eigenvalue weighted by atomic mass is 35.5. The number of nitro benzene ring substituents is 1. The number of fused-ring (bicyclic) bond motifs is 1. The fraction of sp³-hybridized carbons (Fsp3) is 0.158. The van der Waals surface area contributed by atoms with Crippen molar-refractivity contribution < 1.29 is 19.2 Å². The summed E-state index contributed by atoms with van der Waals surface area (Å²) in [6.07, 6.45) is 1.40. The number of carbonyl (C=O) groups excluding carboxylic acids is 1. The summed E-state index contributed by atoms with van der Waals surface area (Å²) in [6.45, 7) is 2.30. The summed E-state index contributed by atoms with van der Waals surface area (Å²) in [5.41, 5.74) is 2.95. The zero-order valence-corrected chi connectivity index (χ0v) is 17.0. The van der Waals surface area contributed by atoms with Crippen molar-refractivity contribution in [2.45, 2.75) is 6.92 Å². The van der Waals surface area contributed by atoms with Gasteiger partial charge < -0.3 is 9.47 Å². The first kappa shape index (κ1) is 20.6. The van der Waals surface area contributed by atoms with Gasteiger partial charge in [-0.1, -0.05) is 11.6 Å². The number of rotatable bonds is 7. The summed E-state index contributed by atoms with van der Waals surface area (Å²) in [7, 11) is 1.52. The highest BCUT2D eigenvalue weighted by Gasteiger charge is 2.13. The van der Waals surface area contributed by atoms with Crippen molar-refractivity contribution in [1.29, 1.82) is 0 Å². The molecule has 0 radical (unpaired) electrons. The molecule has 10 heteroatoms. The molecule has 0 aliphatic carbocycles. The van der Waals surface area contributed by atoms with Gasteiger partial charge in [-0.3, -0.25) is 14.9 Å². The normalized spacial score (nSPS) is 11.0. The topological polar surface area (TPSA) is 103 Å². The van der Waals surface area contributed by atoms with Crippen molar-refractivity contribution in [1.82, 2.24) is 5.43 Å². The van der Waals surface area contributed by atoms with Crippen LogP contribution in [-0.4, -0.2) is 30.8 Å². The summed E-state index contributed by atoms with van der Waals surface area (Å²) >= 11 is 7.43. The van der Waals surface area contributed by atoms with Crippen molar-refractivity contribution in [2.24, 2.45) is 5.10 Å². The summed E-state index contributed by atoms with van der Waals surface area (Å²) in [4.78, 5) is 23.1. The van der Waals surface area contributed by atoms with Crippen LogP contribution >= 0.6 is 22.9 Å². The maximum Gasteiger partial charge on any atom is 0.281 e. The minimum Gasteiger partial charge on any atom is -0.493 e. The van der Waals surface area contributed by atoms with Crippen LogP contribution in [-0.2, 0) is 0 Å². The Hall–Kier alpha value is -3.17. The molecule has 0 saturated heterocycles. The van der Waals surface area contributed by atoms with Crippen LogP contribution in [0.15, 0.2) is 41.5 Å². The number of non-ortho nitro benzene ring substituents is 1. The largest absolute Gasteiger partial charge is 0.493 e. The molecule has 29 heavy (non-hydrogen) atoms. The number of halogens is 1. The number of nitrogens with one attached hydrogen (secondary N) is 1. The van der Waals surface area contributed by atoms with Crippen LogP contribution in [0.3, 0.4) is 0 Å². The predicted octanol–water partition coefficient (Wildman–Crippen LogP) is 4.63. The first-order chi connectivity index (χ1) is 13.9. The van der Waals surface area contributed by atoms with Crippen LogP contribution in [0.2, 0.25) is 5.02 Å². The van der Waals surface area contributed by atoms with Crippen molar-refractivity contribution in [2.75, 3.05) is 13.7 Å². The van der Waals surface area contributed by atoms with Crippen molar-refractivity contribution >= 4 is 50.8 Å². The van der Waals surface area contributed by atoms with E-state index in [4.69, 9.17) is 21.1 Å². The lowest BCUT2D eigenvalue weighted by Crippen LogP contribution is -2.16. The van der Waals surface area contributed by atoms with E-state index in [1.54, 1.807) is 24.3 Å². The molecule has 3 rings (SSSR count). The third-order valence-electron chi connectivity index (χ3n) is 3.89. The molecule has 0 saturated carbocycles. The Morgan fingerprint density at radius 3 is 2.79 bits per heavy atom. The number of thiophene rings is 1. The summed E-state index contributed by atoms with van der Waals surface area (Å²) in [5.74, 6) is 0.579. The van der Waals surface area contributed by atoms with Crippen molar-refractivity contribution in [3.05, 3.63) is 62.0 Å². The fourth-order valence-electron chi connectivity index (χ4n) is 2.55. The van der Waals surface area contributed by atoms with E-state index < -0.39 is 10.8 Å². The van der Waals surface area contributed by atoms with E-state index in [-0.39, 0.29) is 5.69 Å². The van der Waals surface area contributed by atoms with Gasteiger partial charge >= 0.3 is 0 Å². The van der Waals surface area contributed by atoms with Gasteiger partial charge in [0.2, 0.25) is 0 Å². The molecule has 0 atom stereocenters. The minimum absolute atomic E-state index is 0.0282. The third kappa shape index (κ3) is 4.64. The molecule has 1 aromatic heterocycles. The summed E-state index contributed by atoms with van der Waals surface area (Å²) in [5, 5.41) is 15.8. The number of carbonyl (C=O) groups is 1. The zero-order valence-electron chi connectivity index (χ0n) is 15.5. The number of benzene rings is 2. The van der Waals surface area contributed by atoms with Gasteiger partial charge in [-0.25, -0.2) is 5.43 Å². The molecule has 3 aromatic rings. The lowest BCUT2D eigenvalue weighted by atomic mass is 10.2. The quantitative estimate of drug-likeness (QED) is 0.332. The van der Waals surface area contributed by atoms with Gasteiger partial charge in [0.25, 0.3) is 11.6 Å². The van der Waals surface area contributed by atoms with Gasteiger partial charge in [-0.05, 0) is 25.1 Å². The second kappa shape index (κ2) is 8.89. The Bertz CT molecular complexity index is 1110. The SMILES string of the molecule is CCOc1cc(/C=N\NC(=O)c2cc3cc([N+](=O)[O-])ccc3s2)c(Cl)cc1OC. The van der Waals surface area contributed by atoms with Crippen molar-refractivity contribution in [3.8, 4) is 11.5 Å². The average molecular weight is 434 g/mol. The van der Waals surface area contributed by atoms with E-state index in [0.29, 0.717) is 39.0 Å². The molecular formula is C19H16ClN3O5S. The molecule has 1 heterocycles. The number of amides is 1. The maximum atomic E-state index is 12.4. The van der Waals surface area contributed by atoms with Gasteiger partial charge in [0.05, 0.1) is 34.8 Å². The molecule has 8 nitrogen and oxygen atoms in total. The third-order valence-corrected chi connectivity index (χ3v) is 5.33. The molecule has 1 N–H and O–H groups in total. The number of methoxy groups -OCH3 is 1. The smallest absolute Gasteiger partial charge is 0.281 e. The Morgan fingerprint density at radius 1 is 1.31 bits per heavy atom. The predicted molar refractivity (Wildman–Crippen MR) is 113 cm³/mol. The molecule has 150 valence electrons. The lowest BCUT2D eigenvalue weighted by Gasteiger charge is -2.11. The molecule has 0 unspecified atom stereocenters. The Labute approximate surface area is 174 Å². The monoisotopic (exact) mass is 433 g/mol. The van der Waals surface area contributed by atoms with Gasteiger partial charge in [-0.2, -0.15) is 5.10 Å². The number of hydrogen-bond acceptors (Lipinski definition) is 7. The molecule has 0 fully saturated rings. The van der Waals surface area contributed by atoms with E-state index in [1.807, 2.05) is 6.92 Å². The van der Waals surface area contributed by atoms with Gasteiger partial charge in [0.15, 0.2) is 11.5 Å². The highest BCUT2D eigenvalue weighted by molar-refractivity contribution is 7.20. The maximum absolute atomic E-state index is 12.4. The number of hydrogen-bond donors (Lipinski definition) is 1. The Balaban J connectivity index is 1.76. The molecular weight excluding hydrogens is 418 g/mol. The molecule has 0 bridgehead atoms. The summed E-state index contributed by atoms with van der Waals surface area (Å²) in [6, 6.07) is 9.31. The second-order valence-corrected chi connectivity index (χ2v) is 7.24. The second-order valence-electron chi connectivity index (χ2n) is 5.75. The first-order valence-corrected chi connectivity index (χ1v) is 9.64. The minimum atomic E-state index is -0.476. The average Bonchev–Trinajstić information content (AvgIpc) is 3.13. The number of nitro groups is 1. The van der Waals surface area contributed by atoms with Crippen LogP contribution < -0.4 is 14.9 Å². The van der Waals surface area contributed by atoms with E-state index in [2.05, 4.69) is 10.5 Å². The van der Waals surface area contributed by atoms with Gasteiger partial charge in [0.1, 0.15) is 0 Å². The molecule has 0 spiro atoms. The van der Waals surface area contributed by atoms with E-state index in [1.165, 1.54) is 36.8 Å².